The molecule has 2 rings (SSSR count). The van der Waals surface area contributed by atoms with Gasteiger partial charge in [-0.2, -0.15) is 0 Å². The molecule has 0 aliphatic carbocycles. The molecule has 1 atom stereocenters. The number of rotatable bonds is 2. The second kappa shape index (κ2) is 4.37. The lowest BCUT2D eigenvalue weighted by atomic mass is 10.1. The lowest BCUT2D eigenvalue weighted by Gasteiger charge is -2.14. The first kappa shape index (κ1) is 11.3. The van der Waals surface area contributed by atoms with Gasteiger partial charge in [-0.25, -0.2) is 0 Å². The summed E-state index contributed by atoms with van der Waals surface area (Å²) in [4.78, 5) is 35.4. The molecule has 1 heterocycles. The van der Waals surface area contributed by atoms with Gasteiger partial charge in [-0.15, -0.1) is 0 Å². The number of carboxylic acids is 1. The van der Waals surface area contributed by atoms with Crippen molar-refractivity contribution in [2.45, 2.75) is 0 Å². The second-order valence-electron chi connectivity index (χ2n) is 3.91. The second-order valence-corrected chi connectivity index (χ2v) is 3.91. The summed E-state index contributed by atoms with van der Waals surface area (Å²) in [6, 6.07) is 8.51. The van der Waals surface area contributed by atoms with E-state index in [1.165, 1.54) is 4.90 Å². The van der Waals surface area contributed by atoms with E-state index in [0.717, 1.165) is 0 Å². The monoisotopic (exact) mass is 233 g/mol. The van der Waals surface area contributed by atoms with Crippen LogP contribution in [0.15, 0.2) is 30.3 Å². The van der Waals surface area contributed by atoms with Crippen molar-refractivity contribution in [3.8, 4) is 0 Å². The molecular formula is C12H11NO4. The molecule has 1 aliphatic rings. The Labute approximate surface area is 97.7 Å². The van der Waals surface area contributed by atoms with Crippen LogP contribution in [0.2, 0.25) is 0 Å². The Morgan fingerprint density at radius 3 is 2.41 bits per heavy atom. The molecule has 5 heteroatoms. The van der Waals surface area contributed by atoms with Gasteiger partial charge in [0, 0.05) is 12.1 Å². The Bertz CT molecular complexity index is 469. The Kier molecular flexibility index (Phi) is 2.91. The lowest BCUT2D eigenvalue weighted by Crippen LogP contribution is -2.29. The van der Waals surface area contributed by atoms with Crippen molar-refractivity contribution >= 4 is 17.7 Å². The van der Waals surface area contributed by atoms with Gasteiger partial charge in [0.15, 0.2) is 5.78 Å². The van der Waals surface area contributed by atoms with Crippen LogP contribution in [0.25, 0.3) is 0 Å². The number of ketones is 1. The molecule has 0 spiro atoms. The number of aliphatic carboxylic acids is 1. The third-order valence-corrected chi connectivity index (χ3v) is 2.74. The Hall–Kier alpha value is -2.17. The molecule has 1 saturated heterocycles. The Balaban J connectivity index is 2.14. The maximum Gasteiger partial charge on any atom is 0.315 e. The maximum atomic E-state index is 11.9. The average Bonchev–Trinajstić information content (AvgIpc) is 2.71. The van der Waals surface area contributed by atoms with Gasteiger partial charge in [0.2, 0.25) is 0 Å². The summed E-state index contributed by atoms with van der Waals surface area (Å²) >= 11 is 0. The third-order valence-electron chi connectivity index (χ3n) is 2.74. The van der Waals surface area contributed by atoms with E-state index in [4.69, 9.17) is 5.11 Å². The zero-order chi connectivity index (χ0) is 12.4. The highest BCUT2D eigenvalue weighted by Crippen LogP contribution is 2.16. The van der Waals surface area contributed by atoms with Gasteiger partial charge >= 0.3 is 5.97 Å². The summed E-state index contributed by atoms with van der Waals surface area (Å²) in [5.41, 5.74) is 0.464. The zero-order valence-electron chi connectivity index (χ0n) is 9.00. The van der Waals surface area contributed by atoms with Crippen molar-refractivity contribution in [1.82, 2.24) is 4.90 Å². The van der Waals surface area contributed by atoms with E-state index in [-0.39, 0.29) is 19.0 Å². The lowest BCUT2D eigenvalue weighted by molar-refractivity contribution is -0.144. The van der Waals surface area contributed by atoms with E-state index >= 15 is 0 Å². The van der Waals surface area contributed by atoms with Crippen molar-refractivity contribution in [3.05, 3.63) is 35.9 Å². The Morgan fingerprint density at radius 2 is 1.88 bits per heavy atom. The minimum absolute atomic E-state index is 0.0398. The van der Waals surface area contributed by atoms with Gasteiger partial charge in [-0.05, 0) is 12.1 Å². The quantitative estimate of drug-likeness (QED) is 0.751. The van der Waals surface area contributed by atoms with Crippen LogP contribution in [-0.4, -0.2) is 40.8 Å². The van der Waals surface area contributed by atoms with Crippen molar-refractivity contribution in [3.63, 3.8) is 0 Å². The number of hydrogen-bond donors (Lipinski definition) is 1. The largest absolute Gasteiger partial charge is 0.481 e. The molecular weight excluding hydrogens is 222 g/mol. The number of benzene rings is 1. The molecule has 0 bridgehead atoms. The van der Waals surface area contributed by atoms with Crippen LogP contribution in [0.4, 0.5) is 0 Å². The topological polar surface area (TPSA) is 74.7 Å². The van der Waals surface area contributed by atoms with Crippen LogP contribution in [-0.2, 0) is 9.59 Å². The minimum Gasteiger partial charge on any atom is -0.481 e. The highest BCUT2D eigenvalue weighted by molar-refractivity contribution is 6.05. The van der Waals surface area contributed by atoms with Crippen LogP contribution in [0.5, 0.6) is 0 Å². The van der Waals surface area contributed by atoms with Crippen LogP contribution in [0, 0.1) is 5.92 Å². The number of hydrogen-bond acceptors (Lipinski definition) is 3. The molecule has 1 aromatic carbocycles. The van der Waals surface area contributed by atoms with Gasteiger partial charge in [0.1, 0.15) is 5.92 Å². The molecule has 1 aliphatic heterocycles. The third kappa shape index (κ3) is 2.18. The van der Waals surface area contributed by atoms with E-state index in [1.807, 2.05) is 0 Å². The molecule has 1 fully saturated rings. The van der Waals surface area contributed by atoms with Crippen molar-refractivity contribution in [1.29, 1.82) is 0 Å². The first-order valence-corrected chi connectivity index (χ1v) is 5.19. The standard InChI is InChI=1S/C12H11NO4/c14-10-7-13(6-9(10)12(16)17)11(15)8-4-2-1-3-5-8/h1-5,9H,6-7H2,(H,16,17). The van der Waals surface area contributed by atoms with Crippen LogP contribution >= 0.6 is 0 Å². The van der Waals surface area contributed by atoms with Gasteiger partial charge < -0.3 is 10.0 Å². The van der Waals surface area contributed by atoms with Crippen molar-refractivity contribution in [2.24, 2.45) is 5.92 Å². The highest BCUT2D eigenvalue weighted by atomic mass is 16.4. The number of carbonyl (C=O) groups excluding carboxylic acids is 2. The highest BCUT2D eigenvalue weighted by Gasteiger charge is 2.38. The molecule has 0 aromatic heterocycles. The summed E-state index contributed by atoms with van der Waals surface area (Å²) in [7, 11) is 0. The molecule has 1 N–H and O–H groups in total. The van der Waals surface area contributed by atoms with E-state index in [9.17, 15) is 14.4 Å². The van der Waals surface area contributed by atoms with Gasteiger partial charge in [-0.3, -0.25) is 14.4 Å². The fourth-order valence-corrected chi connectivity index (χ4v) is 1.82. The van der Waals surface area contributed by atoms with Gasteiger partial charge in [0.25, 0.3) is 5.91 Å². The summed E-state index contributed by atoms with van der Waals surface area (Å²) in [5, 5.41) is 8.79. The van der Waals surface area contributed by atoms with Gasteiger partial charge in [0.05, 0.1) is 6.54 Å². The SMILES string of the molecule is O=C(O)C1CN(C(=O)c2ccccc2)CC1=O. The molecule has 88 valence electrons. The maximum absolute atomic E-state index is 11.9. The molecule has 1 amide bonds. The smallest absolute Gasteiger partial charge is 0.315 e. The van der Waals surface area contributed by atoms with E-state index in [2.05, 4.69) is 0 Å². The summed E-state index contributed by atoms with van der Waals surface area (Å²) < 4.78 is 0. The molecule has 0 radical (unpaired) electrons. The fourth-order valence-electron chi connectivity index (χ4n) is 1.82. The minimum atomic E-state index is -1.17. The summed E-state index contributed by atoms with van der Waals surface area (Å²) in [6.45, 7) is -0.160. The van der Waals surface area contributed by atoms with Crippen LogP contribution < -0.4 is 0 Å². The number of carbonyl (C=O) groups is 3. The van der Waals surface area contributed by atoms with E-state index < -0.39 is 17.7 Å². The number of likely N-dealkylation sites (tertiary alicyclic amines) is 1. The van der Waals surface area contributed by atoms with E-state index in [1.54, 1.807) is 30.3 Å². The first-order valence-electron chi connectivity index (χ1n) is 5.19. The normalized spacial score (nSPS) is 19.4. The number of carboxylic acid groups (broad SMARTS) is 1. The van der Waals surface area contributed by atoms with Crippen LogP contribution in [0.3, 0.4) is 0 Å². The summed E-state index contributed by atoms with van der Waals surface area (Å²) in [5.74, 6) is -2.97. The van der Waals surface area contributed by atoms with Crippen LogP contribution in [0.1, 0.15) is 10.4 Å². The van der Waals surface area contributed by atoms with Crippen molar-refractivity contribution in [2.75, 3.05) is 13.1 Å². The zero-order valence-corrected chi connectivity index (χ0v) is 9.00. The summed E-state index contributed by atoms with van der Waals surface area (Å²) in [6.07, 6.45) is 0. The first-order chi connectivity index (χ1) is 8.09. The van der Waals surface area contributed by atoms with Gasteiger partial charge in [-0.1, -0.05) is 18.2 Å². The molecule has 1 unspecified atom stereocenters. The molecule has 1 aromatic rings. The Morgan fingerprint density at radius 1 is 1.24 bits per heavy atom. The molecule has 17 heavy (non-hydrogen) atoms. The number of amides is 1. The fraction of sp³-hybridized carbons (Fsp3) is 0.250. The van der Waals surface area contributed by atoms with Crippen molar-refractivity contribution < 1.29 is 19.5 Å². The number of nitrogens with zero attached hydrogens (tertiary/aromatic N) is 1. The number of Topliss-reactive ketones (excluding diaryl/α,β-unsaturated/α-hetero) is 1. The average molecular weight is 233 g/mol. The van der Waals surface area contributed by atoms with E-state index in [0.29, 0.717) is 5.56 Å². The predicted octanol–water partition coefficient (Wildman–Crippen LogP) is 0.412. The molecule has 5 nitrogen and oxygen atoms in total. The molecule has 0 saturated carbocycles. The predicted molar refractivity (Wildman–Crippen MR) is 58.5 cm³/mol.